The van der Waals surface area contributed by atoms with E-state index in [1.807, 2.05) is 61.7 Å². The monoisotopic (exact) mass is 493 g/mol. The van der Waals surface area contributed by atoms with Crippen molar-refractivity contribution < 1.29 is 14.4 Å². The molecule has 0 aliphatic carbocycles. The highest BCUT2D eigenvalue weighted by molar-refractivity contribution is 7.15. The predicted octanol–water partition coefficient (Wildman–Crippen LogP) is 5.13. The highest BCUT2D eigenvalue weighted by atomic mass is 32.1. The van der Waals surface area contributed by atoms with Crippen molar-refractivity contribution in [2.45, 2.75) is 13.8 Å². The Morgan fingerprint density at radius 2 is 1.69 bits per heavy atom. The Kier molecular flexibility index (Phi) is 5.01. The summed E-state index contributed by atoms with van der Waals surface area (Å²) in [5.74, 6) is -1.17. The van der Waals surface area contributed by atoms with E-state index in [9.17, 15) is 14.4 Å². The largest absolute Gasteiger partial charge is 0.289 e. The van der Waals surface area contributed by atoms with E-state index in [1.54, 1.807) is 10.6 Å². The molecule has 0 saturated heterocycles. The van der Waals surface area contributed by atoms with Gasteiger partial charge in [-0.3, -0.25) is 19.7 Å². The normalized spacial score (nSPS) is 12.9. The number of hydrogen-bond acceptors (Lipinski definition) is 6. The molecule has 1 N–H and O–H groups in total. The van der Waals surface area contributed by atoms with Gasteiger partial charge in [-0.1, -0.05) is 42.5 Å². The van der Waals surface area contributed by atoms with Crippen molar-refractivity contribution in [2.75, 3.05) is 10.2 Å². The summed E-state index contributed by atoms with van der Waals surface area (Å²) in [4.78, 5) is 45.5. The molecule has 0 fully saturated rings. The van der Waals surface area contributed by atoms with Crippen LogP contribution in [0.15, 0.2) is 72.1 Å². The second kappa shape index (κ2) is 8.24. The van der Waals surface area contributed by atoms with Gasteiger partial charge in [-0.25, -0.2) is 9.42 Å². The van der Waals surface area contributed by atoms with Gasteiger partial charge in [-0.15, -0.1) is 16.4 Å². The summed E-state index contributed by atoms with van der Waals surface area (Å²) >= 11 is 1.42. The zero-order valence-corrected chi connectivity index (χ0v) is 20.2. The van der Waals surface area contributed by atoms with Crippen molar-refractivity contribution in [3.05, 3.63) is 99.9 Å². The van der Waals surface area contributed by atoms with Crippen LogP contribution in [-0.4, -0.2) is 32.3 Å². The summed E-state index contributed by atoms with van der Waals surface area (Å²) in [5.41, 5.74) is 4.93. The molecular weight excluding hydrogens is 474 g/mol. The number of anilines is 2. The van der Waals surface area contributed by atoms with Gasteiger partial charge in [0.2, 0.25) is 4.96 Å². The van der Waals surface area contributed by atoms with Crippen LogP contribution >= 0.6 is 11.3 Å². The number of nitrogens with one attached hydrogen (secondary N) is 1. The first-order chi connectivity index (χ1) is 17.4. The molecule has 1 aliphatic rings. The number of aryl methyl sites for hydroxylation is 1. The lowest BCUT2D eigenvalue weighted by molar-refractivity contribution is 0.0925. The summed E-state index contributed by atoms with van der Waals surface area (Å²) in [7, 11) is 0. The molecule has 176 valence electrons. The van der Waals surface area contributed by atoms with Gasteiger partial charge in [0.25, 0.3) is 23.7 Å². The lowest BCUT2D eigenvalue weighted by Crippen LogP contribution is -2.30. The third-order valence-corrected chi connectivity index (χ3v) is 7.16. The molecule has 6 rings (SSSR count). The number of benzene rings is 3. The van der Waals surface area contributed by atoms with E-state index in [1.165, 1.54) is 34.4 Å². The average Bonchev–Trinajstić information content (AvgIpc) is 3.53. The van der Waals surface area contributed by atoms with Crippen LogP contribution in [0.2, 0.25) is 0 Å². The summed E-state index contributed by atoms with van der Waals surface area (Å²) < 4.78 is 1.68. The second-order valence-electron chi connectivity index (χ2n) is 8.50. The number of nitrogens with zero attached hydrogens (tertiary/aromatic N) is 4. The van der Waals surface area contributed by atoms with Gasteiger partial charge in [0.15, 0.2) is 0 Å². The first-order valence-electron chi connectivity index (χ1n) is 11.2. The molecule has 3 amide bonds. The number of rotatable bonds is 4. The van der Waals surface area contributed by atoms with E-state index in [-0.39, 0.29) is 22.6 Å². The summed E-state index contributed by atoms with van der Waals surface area (Å²) in [6.07, 6.45) is 0. The molecule has 0 atom stereocenters. The molecule has 1 aliphatic heterocycles. The van der Waals surface area contributed by atoms with Crippen molar-refractivity contribution in [2.24, 2.45) is 0 Å². The number of fused-ring (bicyclic) bond motifs is 2. The van der Waals surface area contributed by atoms with E-state index in [0.29, 0.717) is 10.6 Å². The Bertz CT molecular complexity index is 1700. The highest BCUT2D eigenvalue weighted by Gasteiger charge is 2.38. The van der Waals surface area contributed by atoms with E-state index >= 15 is 0 Å². The van der Waals surface area contributed by atoms with Gasteiger partial charge in [0.05, 0.1) is 22.5 Å². The van der Waals surface area contributed by atoms with Crippen molar-refractivity contribution in [1.82, 2.24) is 14.6 Å². The first-order valence-corrected chi connectivity index (χ1v) is 12.1. The Morgan fingerprint density at radius 1 is 0.917 bits per heavy atom. The number of carbonyl (C=O) groups is 3. The van der Waals surface area contributed by atoms with Crippen molar-refractivity contribution in [3.8, 4) is 11.3 Å². The molecule has 0 radical (unpaired) electrons. The third kappa shape index (κ3) is 3.40. The van der Waals surface area contributed by atoms with Gasteiger partial charge >= 0.3 is 0 Å². The quantitative estimate of drug-likeness (QED) is 0.350. The van der Waals surface area contributed by atoms with Crippen molar-refractivity contribution in [3.63, 3.8) is 0 Å². The van der Waals surface area contributed by atoms with Crippen molar-refractivity contribution in [1.29, 1.82) is 0 Å². The summed E-state index contributed by atoms with van der Waals surface area (Å²) in [5, 5.41) is 9.10. The minimum atomic E-state index is -0.470. The molecule has 2 aromatic heterocycles. The molecule has 3 heterocycles. The Morgan fingerprint density at radius 3 is 2.50 bits per heavy atom. The average molecular weight is 494 g/mol. The lowest BCUT2D eigenvalue weighted by atomic mass is 10.1. The van der Waals surface area contributed by atoms with Gasteiger partial charge in [-0.05, 0) is 49.2 Å². The minimum absolute atomic E-state index is 0.156. The van der Waals surface area contributed by atoms with Crippen LogP contribution in [0.25, 0.3) is 16.2 Å². The highest BCUT2D eigenvalue weighted by Crippen LogP contribution is 2.32. The molecular formula is C27H19N5O3S. The van der Waals surface area contributed by atoms with Crippen LogP contribution in [0.1, 0.15) is 42.2 Å². The molecule has 0 spiro atoms. The first kappa shape index (κ1) is 21.9. The Labute approximate surface area is 209 Å². The zero-order chi connectivity index (χ0) is 25.0. The maximum absolute atomic E-state index is 13.2. The topological polar surface area (TPSA) is 96.7 Å². The minimum Gasteiger partial charge on any atom is -0.289 e. The zero-order valence-electron chi connectivity index (χ0n) is 19.4. The number of hydrogen-bond donors (Lipinski definition) is 1. The van der Waals surface area contributed by atoms with Crippen molar-refractivity contribution >= 4 is 45.7 Å². The lowest BCUT2D eigenvalue weighted by Gasteiger charge is -2.17. The van der Waals surface area contributed by atoms with Crippen LogP contribution in [0, 0.1) is 13.8 Å². The number of aromatic nitrogens is 3. The molecule has 8 nitrogen and oxygen atoms in total. The summed E-state index contributed by atoms with van der Waals surface area (Å²) in [6.45, 7) is 3.80. The van der Waals surface area contributed by atoms with E-state index in [0.717, 1.165) is 22.4 Å². The third-order valence-electron chi connectivity index (χ3n) is 6.34. The van der Waals surface area contributed by atoms with Gasteiger partial charge in [-0.2, -0.15) is 4.98 Å². The SMILES string of the molecule is Cc1cccc(N2C(=O)c3ccc(C(=O)Nc4nc5scc(-c6ccccc6)n5n4)cc3C2=O)c1C. The van der Waals surface area contributed by atoms with Gasteiger partial charge in [0, 0.05) is 16.5 Å². The molecule has 3 aromatic carbocycles. The number of carbonyl (C=O) groups excluding carboxylic acids is 3. The fourth-order valence-electron chi connectivity index (χ4n) is 4.29. The van der Waals surface area contributed by atoms with Crippen LogP contribution in [0.4, 0.5) is 11.6 Å². The number of imide groups is 1. The van der Waals surface area contributed by atoms with E-state index < -0.39 is 17.7 Å². The fourth-order valence-corrected chi connectivity index (χ4v) is 5.13. The standard InChI is InChI=1S/C27H19N5O3S/c1-15-7-6-10-21(16(15)2)31-24(34)19-12-11-18(13-20(19)25(31)35)23(33)28-26-29-27-32(30-26)22(14-36-27)17-8-4-3-5-9-17/h3-14H,1-2H3,(H,28,30,33). The predicted molar refractivity (Wildman–Crippen MR) is 138 cm³/mol. The molecule has 0 saturated carbocycles. The maximum atomic E-state index is 13.2. The fraction of sp³-hybridized carbons (Fsp3) is 0.0741. The van der Waals surface area contributed by atoms with E-state index in [2.05, 4.69) is 15.4 Å². The summed E-state index contributed by atoms with van der Waals surface area (Å²) in [6, 6.07) is 19.8. The second-order valence-corrected chi connectivity index (χ2v) is 9.33. The molecule has 5 aromatic rings. The van der Waals surface area contributed by atoms with Gasteiger partial charge in [0.1, 0.15) is 0 Å². The Hall–Kier alpha value is -4.63. The molecule has 0 unspecified atom stereocenters. The maximum Gasteiger partial charge on any atom is 0.266 e. The van der Waals surface area contributed by atoms with Crippen LogP contribution < -0.4 is 10.2 Å². The Balaban J connectivity index is 1.28. The van der Waals surface area contributed by atoms with Gasteiger partial charge < -0.3 is 0 Å². The van der Waals surface area contributed by atoms with Crippen LogP contribution in [0.5, 0.6) is 0 Å². The number of thiazole rings is 1. The molecule has 36 heavy (non-hydrogen) atoms. The molecule has 0 bridgehead atoms. The molecule has 9 heteroatoms. The van der Waals surface area contributed by atoms with E-state index in [4.69, 9.17) is 0 Å². The van der Waals surface area contributed by atoms with Crippen LogP contribution in [0.3, 0.4) is 0 Å². The smallest absolute Gasteiger partial charge is 0.266 e. The van der Waals surface area contributed by atoms with Crippen LogP contribution in [-0.2, 0) is 0 Å². The number of amides is 3.